The first-order chi connectivity index (χ1) is 10.6. The lowest BCUT2D eigenvalue weighted by Crippen LogP contribution is -2.46. The van der Waals surface area contributed by atoms with Crippen molar-refractivity contribution in [3.05, 3.63) is 35.9 Å². The molecule has 3 heterocycles. The van der Waals surface area contributed by atoms with E-state index in [0.29, 0.717) is 12.1 Å². The Morgan fingerprint density at radius 1 is 1.14 bits per heavy atom. The molecule has 0 aliphatic carbocycles. The van der Waals surface area contributed by atoms with E-state index in [-0.39, 0.29) is 5.69 Å². The van der Waals surface area contributed by atoms with Gasteiger partial charge in [0.1, 0.15) is 5.69 Å². The van der Waals surface area contributed by atoms with Gasteiger partial charge in [0.05, 0.1) is 0 Å². The average Bonchev–Trinajstić information content (AvgIpc) is 2.90. The fourth-order valence-corrected chi connectivity index (χ4v) is 2.66. The van der Waals surface area contributed by atoms with Crippen molar-refractivity contribution in [1.29, 1.82) is 0 Å². The van der Waals surface area contributed by atoms with Gasteiger partial charge in [-0.15, -0.1) is 0 Å². The Labute approximate surface area is 127 Å². The first-order valence-electron chi connectivity index (χ1n) is 7.18. The van der Waals surface area contributed by atoms with Crippen LogP contribution in [0.15, 0.2) is 24.7 Å². The number of aromatic nitrogens is 4. The topological polar surface area (TPSA) is 50.1 Å². The molecule has 1 saturated heterocycles. The van der Waals surface area contributed by atoms with Gasteiger partial charge >= 0.3 is 0 Å². The van der Waals surface area contributed by atoms with Crippen molar-refractivity contribution in [2.24, 2.45) is 7.05 Å². The van der Waals surface area contributed by atoms with Crippen LogP contribution >= 0.6 is 0 Å². The van der Waals surface area contributed by atoms with Crippen molar-refractivity contribution in [3.63, 3.8) is 0 Å². The van der Waals surface area contributed by atoms with Gasteiger partial charge in [0.15, 0.2) is 0 Å². The molecule has 0 bridgehead atoms. The Hall–Kier alpha value is -2.09. The highest BCUT2D eigenvalue weighted by Crippen LogP contribution is 2.22. The van der Waals surface area contributed by atoms with Gasteiger partial charge < -0.3 is 4.90 Å². The molecule has 0 saturated carbocycles. The van der Waals surface area contributed by atoms with Crippen molar-refractivity contribution in [2.45, 2.75) is 13.0 Å². The van der Waals surface area contributed by atoms with Gasteiger partial charge in [-0.2, -0.15) is 5.10 Å². The molecule has 0 atom stereocenters. The Kier molecular flexibility index (Phi) is 4.28. The molecule has 2 aromatic rings. The van der Waals surface area contributed by atoms with Crippen molar-refractivity contribution in [2.75, 3.05) is 31.1 Å². The van der Waals surface area contributed by atoms with Gasteiger partial charge in [0.25, 0.3) is 6.43 Å². The molecule has 8 heteroatoms. The normalized spacial score (nSPS) is 16.5. The number of nitrogens with zero attached hydrogens (tertiary/aromatic N) is 6. The van der Waals surface area contributed by atoms with Gasteiger partial charge in [-0.25, -0.2) is 18.7 Å². The van der Waals surface area contributed by atoms with Crippen LogP contribution in [-0.2, 0) is 13.6 Å². The Morgan fingerprint density at radius 2 is 1.82 bits per heavy atom. The molecule has 0 radical (unpaired) electrons. The molecular weight excluding hydrogens is 290 g/mol. The zero-order valence-corrected chi connectivity index (χ0v) is 12.4. The summed E-state index contributed by atoms with van der Waals surface area (Å²) in [5.74, 6) is 0.719. The lowest BCUT2D eigenvalue weighted by Gasteiger charge is -2.34. The number of hydrogen-bond acceptors (Lipinski definition) is 5. The van der Waals surface area contributed by atoms with E-state index in [0.717, 1.165) is 32.1 Å². The van der Waals surface area contributed by atoms with Gasteiger partial charge in [0, 0.05) is 63.9 Å². The molecule has 1 aliphatic rings. The summed E-state index contributed by atoms with van der Waals surface area (Å²) in [4.78, 5) is 12.7. The van der Waals surface area contributed by atoms with E-state index in [9.17, 15) is 8.78 Å². The molecule has 0 N–H and O–H groups in total. The van der Waals surface area contributed by atoms with E-state index < -0.39 is 6.43 Å². The Balaban J connectivity index is 1.61. The van der Waals surface area contributed by atoms with Gasteiger partial charge in [0.2, 0.25) is 5.95 Å². The number of halogens is 2. The summed E-state index contributed by atoms with van der Waals surface area (Å²) in [6, 6.07) is 1.79. The van der Waals surface area contributed by atoms with Crippen molar-refractivity contribution in [3.8, 4) is 0 Å². The zero-order chi connectivity index (χ0) is 15.5. The third-order valence-corrected chi connectivity index (χ3v) is 3.75. The second kappa shape index (κ2) is 6.35. The third kappa shape index (κ3) is 3.22. The minimum absolute atomic E-state index is 0.115. The molecule has 2 aromatic heterocycles. The number of rotatable bonds is 4. The van der Waals surface area contributed by atoms with Crippen LogP contribution < -0.4 is 4.90 Å². The van der Waals surface area contributed by atoms with E-state index in [1.807, 2.05) is 0 Å². The maximum atomic E-state index is 13.0. The molecular formula is C14H18F2N6. The molecule has 0 aromatic carbocycles. The summed E-state index contributed by atoms with van der Waals surface area (Å²) in [6.07, 6.45) is 2.59. The zero-order valence-electron chi connectivity index (χ0n) is 12.4. The molecule has 0 spiro atoms. The summed E-state index contributed by atoms with van der Waals surface area (Å²) in [7, 11) is 1.67. The van der Waals surface area contributed by atoms with Crippen molar-refractivity contribution in [1.82, 2.24) is 24.6 Å². The fraction of sp³-hybridized carbons (Fsp3) is 0.500. The van der Waals surface area contributed by atoms with Gasteiger partial charge in [-0.1, -0.05) is 0 Å². The highest BCUT2D eigenvalue weighted by Gasteiger charge is 2.23. The van der Waals surface area contributed by atoms with Crippen molar-refractivity contribution >= 4 is 5.95 Å². The van der Waals surface area contributed by atoms with Crippen molar-refractivity contribution < 1.29 is 8.78 Å². The molecule has 0 amide bonds. The predicted octanol–water partition coefficient (Wildman–Crippen LogP) is 1.47. The van der Waals surface area contributed by atoms with E-state index >= 15 is 0 Å². The summed E-state index contributed by atoms with van der Waals surface area (Å²) in [5, 5.41) is 3.85. The molecule has 118 valence electrons. The molecule has 1 aliphatic heterocycles. The SMILES string of the molecule is Cn1cc(CN2CCN(c3ncccn3)CC2)c(C(F)F)n1. The maximum Gasteiger partial charge on any atom is 0.282 e. The molecule has 22 heavy (non-hydrogen) atoms. The lowest BCUT2D eigenvalue weighted by molar-refractivity contribution is 0.142. The Bertz CT molecular complexity index is 607. The molecule has 6 nitrogen and oxygen atoms in total. The average molecular weight is 308 g/mol. The van der Waals surface area contributed by atoms with Gasteiger partial charge in [-0.05, 0) is 6.07 Å². The second-order valence-corrected chi connectivity index (χ2v) is 5.33. The molecule has 0 unspecified atom stereocenters. The smallest absolute Gasteiger partial charge is 0.282 e. The van der Waals surface area contributed by atoms with E-state index in [2.05, 4.69) is 24.9 Å². The quantitative estimate of drug-likeness (QED) is 0.856. The second-order valence-electron chi connectivity index (χ2n) is 5.33. The largest absolute Gasteiger partial charge is 0.338 e. The fourth-order valence-electron chi connectivity index (χ4n) is 2.66. The monoisotopic (exact) mass is 308 g/mol. The van der Waals surface area contributed by atoms with Crippen LogP contribution in [0, 0.1) is 0 Å². The number of hydrogen-bond donors (Lipinski definition) is 0. The predicted molar refractivity (Wildman–Crippen MR) is 77.7 cm³/mol. The summed E-state index contributed by atoms with van der Waals surface area (Å²) in [6.45, 7) is 3.64. The Morgan fingerprint density at radius 3 is 2.45 bits per heavy atom. The van der Waals surface area contributed by atoms with E-state index in [1.165, 1.54) is 4.68 Å². The maximum absolute atomic E-state index is 13.0. The van der Waals surface area contributed by atoms with Crippen LogP contribution in [0.25, 0.3) is 0 Å². The number of aryl methyl sites for hydroxylation is 1. The number of alkyl halides is 2. The summed E-state index contributed by atoms with van der Waals surface area (Å²) in [5.41, 5.74) is 0.484. The summed E-state index contributed by atoms with van der Waals surface area (Å²) < 4.78 is 27.4. The summed E-state index contributed by atoms with van der Waals surface area (Å²) >= 11 is 0. The molecule has 3 rings (SSSR count). The first-order valence-corrected chi connectivity index (χ1v) is 7.18. The van der Waals surface area contributed by atoms with E-state index in [4.69, 9.17) is 0 Å². The van der Waals surface area contributed by atoms with Gasteiger partial charge in [-0.3, -0.25) is 9.58 Å². The van der Waals surface area contributed by atoms with Crippen LogP contribution in [0.1, 0.15) is 17.7 Å². The highest BCUT2D eigenvalue weighted by molar-refractivity contribution is 5.29. The van der Waals surface area contributed by atoms with E-state index in [1.54, 1.807) is 31.7 Å². The highest BCUT2D eigenvalue weighted by atomic mass is 19.3. The van der Waals surface area contributed by atoms with Crippen LogP contribution in [0.5, 0.6) is 0 Å². The number of piperazine rings is 1. The lowest BCUT2D eigenvalue weighted by atomic mass is 10.2. The standard InChI is InChI=1S/C14H18F2N6/c1-20-9-11(12(19-20)13(15)16)10-21-5-7-22(8-6-21)14-17-3-2-4-18-14/h2-4,9,13H,5-8,10H2,1H3. The first kappa shape index (κ1) is 14.8. The van der Waals surface area contributed by atoms with Crippen LogP contribution in [0.4, 0.5) is 14.7 Å². The van der Waals surface area contributed by atoms with Crippen LogP contribution in [-0.4, -0.2) is 50.8 Å². The van der Waals surface area contributed by atoms with Crippen LogP contribution in [0.3, 0.4) is 0 Å². The molecule has 1 fully saturated rings. The van der Waals surface area contributed by atoms with Crippen LogP contribution in [0.2, 0.25) is 0 Å². The minimum Gasteiger partial charge on any atom is -0.338 e. The third-order valence-electron chi connectivity index (χ3n) is 3.75. The minimum atomic E-state index is -2.53. The number of anilines is 1.